The van der Waals surface area contributed by atoms with Gasteiger partial charge in [0.15, 0.2) is 0 Å². The molecule has 27 heavy (non-hydrogen) atoms. The Morgan fingerprint density at radius 2 is 1.81 bits per heavy atom. The van der Waals surface area contributed by atoms with E-state index in [1.807, 2.05) is 37.3 Å². The highest BCUT2D eigenvalue weighted by atomic mass is 16.7. The molecule has 0 bridgehead atoms. The van der Waals surface area contributed by atoms with Crippen LogP contribution in [-0.2, 0) is 23.7 Å². The fourth-order valence-corrected chi connectivity index (χ4v) is 3.09. The molecule has 0 saturated heterocycles. The fraction of sp³-hybridized carbons (Fsp3) is 0.550. The minimum atomic E-state index is -1.10. The van der Waals surface area contributed by atoms with Gasteiger partial charge in [-0.3, -0.25) is 0 Å². The van der Waals surface area contributed by atoms with Crippen LogP contribution in [0.15, 0.2) is 42.2 Å². The Balaban J connectivity index is 2.07. The summed E-state index contributed by atoms with van der Waals surface area (Å²) in [6.45, 7) is 3.88. The van der Waals surface area contributed by atoms with Crippen LogP contribution in [0, 0.1) is 5.92 Å². The van der Waals surface area contributed by atoms with Crippen LogP contribution in [0.25, 0.3) is 0 Å². The smallest absolute Gasteiger partial charge is 0.370 e. The molecule has 0 saturated carbocycles. The van der Waals surface area contributed by atoms with E-state index in [2.05, 4.69) is 0 Å². The standard InChI is InChI=1S/C20H28O7/c1-2-26-20-16(8-10-24-12-13-25-11-9-21)17(14-18(27-20)19(22)23)15-6-4-3-5-7-15/h3-7,14,16-17,20-21H,2,8-13H2,1H3,(H,22,23)/t16-,17+,20+/m0/s1. The van der Waals surface area contributed by atoms with Gasteiger partial charge in [0, 0.05) is 25.0 Å². The first-order chi connectivity index (χ1) is 13.2. The van der Waals surface area contributed by atoms with Crippen LogP contribution in [0.3, 0.4) is 0 Å². The van der Waals surface area contributed by atoms with Gasteiger partial charge in [-0.2, -0.15) is 0 Å². The summed E-state index contributed by atoms with van der Waals surface area (Å²) in [7, 11) is 0. The molecular weight excluding hydrogens is 352 g/mol. The predicted octanol–water partition coefficient (Wildman–Crippen LogP) is 2.16. The molecule has 0 amide bonds. The molecule has 0 fully saturated rings. The number of aliphatic hydroxyl groups is 1. The number of ether oxygens (including phenoxy) is 4. The third kappa shape index (κ3) is 6.62. The Kier molecular flexibility index (Phi) is 9.27. The second-order valence-electron chi connectivity index (χ2n) is 6.12. The Morgan fingerprint density at radius 3 is 2.44 bits per heavy atom. The number of hydrogen-bond acceptors (Lipinski definition) is 6. The third-order valence-electron chi connectivity index (χ3n) is 4.31. The maximum atomic E-state index is 11.5. The van der Waals surface area contributed by atoms with E-state index in [1.54, 1.807) is 6.08 Å². The molecule has 1 aliphatic heterocycles. The van der Waals surface area contributed by atoms with Crippen LogP contribution in [0.2, 0.25) is 0 Å². The van der Waals surface area contributed by atoms with Crippen LogP contribution < -0.4 is 0 Å². The highest BCUT2D eigenvalue weighted by molar-refractivity contribution is 5.84. The van der Waals surface area contributed by atoms with Crippen molar-refractivity contribution >= 4 is 5.97 Å². The third-order valence-corrected chi connectivity index (χ3v) is 4.31. The molecule has 0 aromatic heterocycles. The van der Waals surface area contributed by atoms with E-state index in [0.717, 1.165) is 5.56 Å². The van der Waals surface area contributed by atoms with Gasteiger partial charge < -0.3 is 29.2 Å². The lowest BCUT2D eigenvalue weighted by Gasteiger charge is -2.36. The lowest BCUT2D eigenvalue weighted by molar-refractivity contribution is -0.174. The van der Waals surface area contributed by atoms with E-state index in [9.17, 15) is 9.90 Å². The van der Waals surface area contributed by atoms with Crippen molar-refractivity contribution < 1.29 is 34.0 Å². The summed E-state index contributed by atoms with van der Waals surface area (Å²) in [5.41, 5.74) is 1.01. The number of allylic oxidation sites excluding steroid dienone is 1. The van der Waals surface area contributed by atoms with Gasteiger partial charge in [-0.25, -0.2) is 4.79 Å². The highest BCUT2D eigenvalue weighted by Crippen LogP contribution is 2.38. The summed E-state index contributed by atoms with van der Waals surface area (Å²) < 4.78 is 22.1. The lowest BCUT2D eigenvalue weighted by atomic mass is 9.81. The number of aliphatic hydroxyl groups excluding tert-OH is 1. The molecule has 0 radical (unpaired) electrons. The Labute approximate surface area is 159 Å². The zero-order valence-corrected chi connectivity index (χ0v) is 15.6. The molecule has 7 heteroatoms. The van der Waals surface area contributed by atoms with Gasteiger partial charge in [0.1, 0.15) is 0 Å². The molecule has 1 aliphatic rings. The maximum Gasteiger partial charge on any atom is 0.370 e. The van der Waals surface area contributed by atoms with E-state index in [0.29, 0.717) is 39.5 Å². The van der Waals surface area contributed by atoms with Crippen LogP contribution in [0.1, 0.15) is 24.8 Å². The van der Waals surface area contributed by atoms with Gasteiger partial charge in [0.05, 0.1) is 26.4 Å². The quantitative estimate of drug-likeness (QED) is 0.537. The summed E-state index contributed by atoms with van der Waals surface area (Å²) >= 11 is 0. The molecule has 7 nitrogen and oxygen atoms in total. The fourth-order valence-electron chi connectivity index (χ4n) is 3.09. The summed E-state index contributed by atoms with van der Waals surface area (Å²) in [5.74, 6) is -1.40. The van der Waals surface area contributed by atoms with Crippen molar-refractivity contribution in [1.82, 2.24) is 0 Å². The van der Waals surface area contributed by atoms with Crippen LogP contribution >= 0.6 is 0 Å². The number of rotatable bonds is 12. The summed E-state index contributed by atoms with van der Waals surface area (Å²) in [4.78, 5) is 11.5. The number of aliphatic carboxylic acids is 1. The van der Waals surface area contributed by atoms with Crippen molar-refractivity contribution in [2.45, 2.75) is 25.6 Å². The molecule has 2 N–H and O–H groups in total. The van der Waals surface area contributed by atoms with Crippen molar-refractivity contribution in [2.75, 3.05) is 39.6 Å². The van der Waals surface area contributed by atoms with Crippen molar-refractivity contribution in [3.63, 3.8) is 0 Å². The zero-order chi connectivity index (χ0) is 19.5. The van der Waals surface area contributed by atoms with Crippen LogP contribution in [0.4, 0.5) is 0 Å². The molecule has 1 aromatic rings. The normalized spacial score (nSPS) is 22.1. The van der Waals surface area contributed by atoms with E-state index < -0.39 is 12.3 Å². The number of carbonyl (C=O) groups is 1. The van der Waals surface area contributed by atoms with Gasteiger partial charge >= 0.3 is 5.97 Å². The van der Waals surface area contributed by atoms with Crippen LogP contribution in [0.5, 0.6) is 0 Å². The molecule has 0 aliphatic carbocycles. The van der Waals surface area contributed by atoms with Gasteiger partial charge in [-0.05, 0) is 25.0 Å². The molecule has 3 atom stereocenters. The SMILES string of the molecule is CCO[C@@H]1OC(C(=O)O)=C[C@H](c2ccccc2)[C@@H]1CCOCCOCCO. The van der Waals surface area contributed by atoms with Gasteiger partial charge in [-0.1, -0.05) is 30.3 Å². The minimum Gasteiger partial charge on any atom is -0.475 e. The first kappa shape index (κ1) is 21.4. The van der Waals surface area contributed by atoms with Gasteiger partial charge in [0.25, 0.3) is 0 Å². The maximum absolute atomic E-state index is 11.5. The Bertz CT molecular complexity index is 587. The average Bonchev–Trinajstić information content (AvgIpc) is 2.68. The number of carboxylic acid groups (broad SMARTS) is 1. The summed E-state index contributed by atoms with van der Waals surface area (Å²) in [6, 6.07) is 9.74. The molecular formula is C20H28O7. The largest absolute Gasteiger partial charge is 0.475 e. The second kappa shape index (κ2) is 11.7. The van der Waals surface area contributed by atoms with Gasteiger partial charge in [0.2, 0.25) is 12.0 Å². The number of carboxylic acids is 1. The molecule has 1 heterocycles. The van der Waals surface area contributed by atoms with Gasteiger partial charge in [-0.15, -0.1) is 0 Å². The van der Waals surface area contributed by atoms with E-state index in [1.165, 1.54) is 0 Å². The Hall–Kier alpha value is -1.93. The topological polar surface area (TPSA) is 94.5 Å². The van der Waals surface area contributed by atoms with E-state index in [-0.39, 0.29) is 24.2 Å². The lowest BCUT2D eigenvalue weighted by Crippen LogP contribution is -2.37. The molecule has 0 unspecified atom stereocenters. The second-order valence-corrected chi connectivity index (χ2v) is 6.12. The molecule has 1 aromatic carbocycles. The first-order valence-electron chi connectivity index (χ1n) is 9.22. The van der Waals surface area contributed by atoms with Crippen molar-refractivity contribution in [2.24, 2.45) is 5.92 Å². The monoisotopic (exact) mass is 380 g/mol. The average molecular weight is 380 g/mol. The Morgan fingerprint density at radius 1 is 1.11 bits per heavy atom. The van der Waals surface area contributed by atoms with Crippen molar-refractivity contribution in [3.8, 4) is 0 Å². The predicted molar refractivity (Wildman–Crippen MR) is 98.2 cm³/mol. The number of hydrogen-bond donors (Lipinski definition) is 2. The van der Waals surface area contributed by atoms with Crippen molar-refractivity contribution in [1.29, 1.82) is 0 Å². The van der Waals surface area contributed by atoms with E-state index >= 15 is 0 Å². The summed E-state index contributed by atoms with van der Waals surface area (Å²) in [5, 5.41) is 18.1. The van der Waals surface area contributed by atoms with Crippen LogP contribution in [-0.4, -0.2) is 62.1 Å². The minimum absolute atomic E-state index is 0.00749. The first-order valence-corrected chi connectivity index (χ1v) is 9.22. The summed E-state index contributed by atoms with van der Waals surface area (Å²) in [6.07, 6.45) is 1.65. The zero-order valence-electron chi connectivity index (χ0n) is 15.6. The van der Waals surface area contributed by atoms with E-state index in [4.69, 9.17) is 24.1 Å². The molecule has 2 rings (SSSR count). The molecule has 0 spiro atoms. The number of benzene rings is 1. The molecule has 150 valence electrons. The highest BCUT2D eigenvalue weighted by Gasteiger charge is 2.37. The van der Waals surface area contributed by atoms with Crippen molar-refractivity contribution in [3.05, 3.63) is 47.7 Å².